The highest BCUT2D eigenvalue weighted by atomic mass is 35.5. The second-order valence-corrected chi connectivity index (χ2v) is 5.38. The second-order valence-electron chi connectivity index (χ2n) is 4.59. The molecule has 94 valence electrons. The highest BCUT2D eigenvalue weighted by Gasteiger charge is 2.26. The molecule has 0 aromatic carbocycles. The lowest BCUT2D eigenvalue weighted by atomic mass is 10.0. The van der Waals surface area contributed by atoms with Gasteiger partial charge in [-0.15, -0.1) is 0 Å². The molecule has 0 radical (unpaired) electrons. The Morgan fingerprint density at radius 3 is 2.94 bits per heavy atom. The van der Waals surface area contributed by atoms with E-state index in [-0.39, 0.29) is 6.10 Å². The zero-order chi connectivity index (χ0) is 12.4. The van der Waals surface area contributed by atoms with E-state index >= 15 is 0 Å². The van der Waals surface area contributed by atoms with Crippen LogP contribution in [0.4, 0.5) is 0 Å². The van der Waals surface area contributed by atoms with Gasteiger partial charge in [-0.1, -0.05) is 23.2 Å². The van der Waals surface area contributed by atoms with Gasteiger partial charge in [-0.3, -0.25) is 4.90 Å². The van der Waals surface area contributed by atoms with Crippen LogP contribution >= 0.6 is 23.2 Å². The minimum atomic E-state index is -0.247. The molecule has 1 saturated heterocycles. The predicted molar refractivity (Wildman–Crippen MR) is 69.3 cm³/mol. The van der Waals surface area contributed by atoms with E-state index in [1.807, 2.05) is 6.92 Å². The molecule has 0 amide bonds. The standard InChI is InChI=1S/C12H16Cl2N2O/c1-8(17)9-4-5-16(6-9)7-11-10(13)2-3-12(14)15-11/h2-3,8-9,17H,4-7H2,1H3. The van der Waals surface area contributed by atoms with E-state index in [9.17, 15) is 5.11 Å². The van der Waals surface area contributed by atoms with Gasteiger partial charge in [0.25, 0.3) is 0 Å². The Bertz CT molecular complexity index is 398. The molecule has 2 heterocycles. The van der Waals surface area contributed by atoms with Gasteiger partial charge in [0.2, 0.25) is 0 Å². The summed E-state index contributed by atoms with van der Waals surface area (Å²) in [6.45, 7) is 4.41. The van der Waals surface area contributed by atoms with Gasteiger partial charge in [0.15, 0.2) is 0 Å². The van der Waals surface area contributed by atoms with E-state index < -0.39 is 0 Å². The summed E-state index contributed by atoms with van der Waals surface area (Å²) in [4.78, 5) is 6.49. The molecule has 1 aliphatic heterocycles. The van der Waals surface area contributed by atoms with Crippen LogP contribution in [0.25, 0.3) is 0 Å². The number of hydrogen-bond acceptors (Lipinski definition) is 3. The molecule has 1 aromatic heterocycles. The van der Waals surface area contributed by atoms with Gasteiger partial charge in [-0.05, 0) is 37.9 Å². The maximum absolute atomic E-state index is 9.55. The van der Waals surface area contributed by atoms with Crippen molar-refractivity contribution >= 4 is 23.2 Å². The molecule has 1 N–H and O–H groups in total. The number of rotatable bonds is 3. The first-order valence-electron chi connectivity index (χ1n) is 5.77. The number of aliphatic hydroxyl groups excluding tert-OH is 1. The zero-order valence-electron chi connectivity index (χ0n) is 9.74. The number of pyridine rings is 1. The van der Waals surface area contributed by atoms with Crippen LogP contribution in [0, 0.1) is 5.92 Å². The van der Waals surface area contributed by atoms with Gasteiger partial charge in [0, 0.05) is 13.1 Å². The minimum Gasteiger partial charge on any atom is -0.393 e. The summed E-state index contributed by atoms with van der Waals surface area (Å²) in [6.07, 6.45) is 0.776. The van der Waals surface area contributed by atoms with Crippen molar-refractivity contribution in [1.29, 1.82) is 0 Å². The first-order valence-corrected chi connectivity index (χ1v) is 6.53. The Balaban J connectivity index is 2.00. The number of halogens is 2. The summed E-state index contributed by atoms with van der Waals surface area (Å²) < 4.78 is 0. The molecule has 1 fully saturated rings. The van der Waals surface area contributed by atoms with Gasteiger partial charge in [-0.2, -0.15) is 0 Å². The molecule has 0 aliphatic carbocycles. The molecule has 2 atom stereocenters. The Kier molecular flexibility index (Phi) is 4.26. The van der Waals surface area contributed by atoms with Crippen molar-refractivity contribution < 1.29 is 5.11 Å². The third-order valence-corrected chi connectivity index (χ3v) is 3.80. The fraction of sp³-hybridized carbons (Fsp3) is 0.583. The summed E-state index contributed by atoms with van der Waals surface area (Å²) in [5.74, 6) is 0.355. The SMILES string of the molecule is CC(O)C1CCN(Cc2nc(Cl)ccc2Cl)C1. The zero-order valence-corrected chi connectivity index (χ0v) is 11.2. The maximum Gasteiger partial charge on any atom is 0.129 e. The fourth-order valence-corrected chi connectivity index (χ4v) is 2.51. The highest BCUT2D eigenvalue weighted by molar-refractivity contribution is 6.32. The number of aliphatic hydroxyl groups is 1. The van der Waals surface area contributed by atoms with Crippen molar-refractivity contribution in [2.45, 2.75) is 26.0 Å². The average molecular weight is 275 g/mol. The van der Waals surface area contributed by atoms with Crippen LogP contribution in [0.5, 0.6) is 0 Å². The first kappa shape index (κ1) is 13.1. The van der Waals surface area contributed by atoms with E-state index in [0.717, 1.165) is 25.2 Å². The smallest absolute Gasteiger partial charge is 0.129 e. The van der Waals surface area contributed by atoms with Crippen molar-refractivity contribution in [1.82, 2.24) is 9.88 Å². The molecule has 0 spiro atoms. The van der Waals surface area contributed by atoms with E-state index in [4.69, 9.17) is 23.2 Å². The van der Waals surface area contributed by atoms with Crippen molar-refractivity contribution in [3.05, 3.63) is 28.0 Å². The largest absolute Gasteiger partial charge is 0.393 e. The minimum absolute atomic E-state index is 0.247. The molecule has 2 unspecified atom stereocenters. The van der Waals surface area contributed by atoms with Crippen LogP contribution in [-0.2, 0) is 6.54 Å². The Hall–Kier alpha value is -0.350. The van der Waals surface area contributed by atoms with E-state index in [1.54, 1.807) is 12.1 Å². The quantitative estimate of drug-likeness (QED) is 0.861. The van der Waals surface area contributed by atoms with Crippen LogP contribution in [0.1, 0.15) is 19.0 Å². The van der Waals surface area contributed by atoms with Crippen molar-refractivity contribution in [3.63, 3.8) is 0 Å². The average Bonchev–Trinajstić information content (AvgIpc) is 2.72. The number of hydrogen-bond donors (Lipinski definition) is 1. The Morgan fingerprint density at radius 1 is 1.53 bits per heavy atom. The Labute approximate surface area is 111 Å². The summed E-state index contributed by atoms with van der Waals surface area (Å²) in [7, 11) is 0. The molecule has 0 saturated carbocycles. The third-order valence-electron chi connectivity index (χ3n) is 3.25. The highest BCUT2D eigenvalue weighted by Crippen LogP contribution is 2.24. The third kappa shape index (κ3) is 3.32. The number of nitrogens with zero attached hydrogens (tertiary/aromatic N) is 2. The summed E-state index contributed by atoms with van der Waals surface area (Å²) in [5, 5.41) is 10.7. The van der Waals surface area contributed by atoms with Crippen molar-refractivity contribution in [3.8, 4) is 0 Å². The number of likely N-dealkylation sites (tertiary alicyclic amines) is 1. The van der Waals surface area contributed by atoms with E-state index in [0.29, 0.717) is 22.6 Å². The van der Waals surface area contributed by atoms with E-state index in [1.165, 1.54) is 0 Å². The normalized spacial score (nSPS) is 22.9. The van der Waals surface area contributed by atoms with Crippen molar-refractivity contribution in [2.24, 2.45) is 5.92 Å². The molecule has 1 aliphatic rings. The predicted octanol–water partition coefficient (Wildman–Crippen LogP) is 2.59. The van der Waals surface area contributed by atoms with Crippen LogP contribution in [-0.4, -0.2) is 34.2 Å². The lowest BCUT2D eigenvalue weighted by Gasteiger charge is -2.17. The maximum atomic E-state index is 9.55. The Morgan fingerprint density at radius 2 is 2.29 bits per heavy atom. The lowest BCUT2D eigenvalue weighted by molar-refractivity contribution is 0.127. The molecule has 1 aromatic rings. The summed E-state index contributed by atoms with van der Waals surface area (Å²) >= 11 is 11.9. The lowest BCUT2D eigenvalue weighted by Crippen LogP contribution is -2.24. The summed E-state index contributed by atoms with van der Waals surface area (Å²) in [5.41, 5.74) is 0.811. The second kappa shape index (κ2) is 5.53. The first-order chi connectivity index (χ1) is 8.06. The molecule has 0 bridgehead atoms. The van der Waals surface area contributed by atoms with Crippen LogP contribution in [0.15, 0.2) is 12.1 Å². The molecule has 5 heteroatoms. The molecular formula is C12H16Cl2N2O. The van der Waals surface area contributed by atoms with Gasteiger partial charge in [-0.25, -0.2) is 4.98 Å². The van der Waals surface area contributed by atoms with Gasteiger partial charge >= 0.3 is 0 Å². The van der Waals surface area contributed by atoms with Gasteiger partial charge in [0.05, 0.1) is 16.8 Å². The molecule has 3 nitrogen and oxygen atoms in total. The van der Waals surface area contributed by atoms with Crippen LogP contribution in [0.3, 0.4) is 0 Å². The topological polar surface area (TPSA) is 36.4 Å². The fourth-order valence-electron chi connectivity index (χ4n) is 2.18. The number of aromatic nitrogens is 1. The monoisotopic (exact) mass is 274 g/mol. The molecule has 2 rings (SSSR count). The van der Waals surface area contributed by atoms with Gasteiger partial charge in [0.1, 0.15) is 5.15 Å². The summed E-state index contributed by atoms with van der Waals surface area (Å²) in [6, 6.07) is 3.46. The van der Waals surface area contributed by atoms with Gasteiger partial charge < -0.3 is 5.11 Å². The molecular weight excluding hydrogens is 259 g/mol. The van der Waals surface area contributed by atoms with Crippen LogP contribution < -0.4 is 0 Å². The van der Waals surface area contributed by atoms with Crippen molar-refractivity contribution in [2.75, 3.05) is 13.1 Å². The van der Waals surface area contributed by atoms with Crippen LogP contribution in [0.2, 0.25) is 10.2 Å². The van der Waals surface area contributed by atoms with E-state index in [2.05, 4.69) is 9.88 Å². The molecule has 17 heavy (non-hydrogen) atoms.